The molecule has 148 valence electrons. The molecule has 1 heterocycles. The lowest BCUT2D eigenvalue weighted by Gasteiger charge is -2.33. The van der Waals surface area contributed by atoms with Gasteiger partial charge in [-0.05, 0) is 57.4 Å². The number of hydrogen-bond donors (Lipinski definition) is 3. The molecule has 0 unspecified atom stereocenters. The molecular weight excluding hydrogens is 312 g/mol. The fraction of sp³-hybridized carbons (Fsp3) is 0.950. The van der Waals surface area contributed by atoms with E-state index in [1.165, 1.54) is 45.3 Å². The second kappa shape index (κ2) is 12.5. The Kier molecular flexibility index (Phi) is 11.1. The minimum absolute atomic E-state index is 0.126. The zero-order valence-electron chi connectivity index (χ0n) is 17.1. The van der Waals surface area contributed by atoms with Gasteiger partial charge in [0.05, 0.1) is 0 Å². The number of rotatable bonds is 11. The molecule has 5 heteroatoms. The number of unbranched alkanes of at least 4 members (excludes halogenated alkanes) is 1. The Labute approximate surface area is 155 Å². The van der Waals surface area contributed by atoms with Crippen LogP contribution in [0.5, 0.6) is 0 Å². The molecule has 0 atom stereocenters. The van der Waals surface area contributed by atoms with Gasteiger partial charge in [-0.3, -0.25) is 4.99 Å². The standard InChI is InChI=1S/C20H42N4O/c1-5-9-13-24-14-10-18(11-15-24)23-19(21-8-4)22-17-20(6-2,7-3)12-16-25/h18,25H,5-17H2,1-4H3,(H2,21,22,23). The number of hydrogen-bond acceptors (Lipinski definition) is 3. The van der Waals surface area contributed by atoms with E-state index in [4.69, 9.17) is 4.99 Å². The predicted molar refractivity (Wildman–Crippen MR) is 108 cm³/mol. The Bertz CT molecular complexity index is 361. The van der Waals surface area contributed by atoms with E-state index in [0.717, 1.165) is 38.3 Å². The number of guanidine groups is 1. The molecule has 0 saturated carbocycles. The van der Waals surface area contributed by atoms with Crippen molar-refractivity contribution in [3.05, 3.63) is 0 Å². The minimum Gasteiger partial charge on any atom is -0.396 e. The molecule has 0 bridgehead atoms. The number of aliphatic hydroxyl groups excluding tert-OH is 1. The van der Waals surface area contributed by atoms with Crippen LogP contribution in [0.2, 0.25) is 0 Å². The van der Waals surface area contributed by atoms with Crippen LogP contribution in [0, 0.1) is 5.41 Å². The number of likely N-dealkylation sites (tertiary alicyclic amines) is 1. The summed E-state index contributed by atoms with van der Waals surface area (Å²) >= 11 is 0. The predicted octanol–water partition coefficient (Wildman–Crippen LogP) is 2.99. The van der Waals surface area contributed by atoms with E-state index in [1.54, 1.807) is 0 Å². The average Bonchev–Trinajstić information content (AvgIpc) is 2.64. The highest BCUT2D eigenvalue weighted by molar-refractivity contribution is 5.80. The van der Waals surface area contributed by atoms with Gasteiger partial charge in [0.15, 0.2) is 5.96 Å². The highest BCUT2D eigenvalue weighted by Gasteiger charge is 2.26. The number of piperidine rings is 1. The second-order valence-electron chi connectivity index (χ2n) is 7.49. The lowest BCUT2D eigenvalue weighted by atomic mass is 9.79. The molecule has 3 N–H and O–H groups in total. The summed E-state index contributed by atoms with van der Waals surface area (Å²) in [5.41, 5.74) is 0.126. The van der Waals surface area contributed by atoms with E-state index < -0.39 is 0 Å². The van der Waals surface area contributed by atoms with Crippen LogP contribution in [-0.4, -0.2) is 61.3 Å². The molecule has 0 aromatic carbocycles. The summed E-state index contributed by atoms with van der Waals surface area (Å²) < 4.78 is 0. The first-order valence-corrected chi connectivity index (χ1v) is 10.5. The molecule has 0 aromatic heterocycles. The van der Waals surface area contributed by atoms with Crippen LogP contribution in [0.15, 0.2) is 4.99 Å². The zero-order chi connectivity index (χ0) is 18.5. The monoisotopic (exact) mass is 354 g/mol. The van der Waals surface area contributed by atoms with Gasteiger partial charge in [-0.15, -0.1) is 0 Å². The fourth-order valence-electron chi connectivity index (χ4n) is 3.59. The van der Waals surface area contributed by atoms with Gasteiger partial charge < -0.3 is 20.6 Å². The molecule has 1 rings (SSSR count). The Hall–Kier alpha value is -0.810. The van der Waals surface area contributed by atoms with E-state index >= 15 is 0 Å². The summed E-state index contributed by atoms with van der Waals surface area (Å²) in [5, 5.41) is 16.4. The van der Waals surface area contributed by atoms with Crippen molar-refractivity contribution >= 4 is 5.96 Å². The maximum atomic E-state index is 9.40. The molecule has 0 spiro atoms. The SMILES string of the molecule is CCCCN1CCC(NC(=NCC(CC)(CC)CCO)NCC)CC1. The summed E-state index contributed by atoms with van der Waals surface area (Å²) in [6.45, 7) is 14.3. The number of nitrogens with zero attached hydrogens (tertiary/aromatic N) is 2. The van der Waals surface area contributed by atoms with Crippen LogP contribution in [-0.2, 0) is 0 Å². The van der Waals surface area contributed by atoms with Gasteiger partial charge in [-0.2, -0.15) is 0 Å². The Morgan fingerprint density at radius 2 is 1.84 bits per heavy atom. The summed E-state index contributed by atoms with van der Waals surface area (Å²) in [4.78, 5) is 7.47. The Balaban J connectivity index is 2.56. The van der Waals surface area contributed by atoms with Gasteiger partial charge in [-0.1, -0.05) is 27.2 Å². The van der Waals surface area contributed by atoms with Crippen molar-refractivity contribution in [1.82, 2.24) is 15.5 Å². The first-order valence-electron chi connectivity index (χ1n) is 10.5. The summed E-state index contributed by atoms with van der Waals surface area (Å²) in [6.07, 6.45) is 7.92. The Morgan fingerprint density at radius 1 is 1.16 bits per heavy atom. The molecule has 1 fully saturated rings. The highest BCUT2D eigenvalue weighted by atomic mass is 16.3. The van der Waals surface area contributed by atoms with Gasteiger partial charge in [-0.25, -0.2) is 0 Å². The average molecular weight is 355 g/mol. The Morgan fingerprint density at radius 3 is 2.36 bits per heavy atom. The van der Waals surface area contributed by atoms with Gasteiger partial charge in [0.2, 0.25) is 0 Å². The number of aliphatic hydroxyl groups is 1. The molecule has 0 radical (unpaired) electrons. The van der Waals surface area contributed by atoms with E-state index in [1.807, 2.05) is 0 Å². The van der Waals surface area contributed by atoms with E-state index in [-0.39, 0.29) is 12.0 Å². The number of aliphatic imine (C=N–C) groups is 1. The highest BCUT2D eigenvalue weighted by Crippen LogP contribution is 2.30. The summed E-state index contributed by atoms with van der Waals surface area (Å²) in [7, 11) is 0. The third-order valence-electron chi connectivity index (χ3n) is 5.82. The zero-order valence-corrected chi connectivity index (χ0v) is 17.1. The molecule has 1 saturated heterocycles. The molecule has 0 amide bonds. The topological polar surface area (TPSA) is 59.9 Å². The molecule has 0 aliphatic carbocycles. The smallest absolute Gasteiger partial charge is 0.191 e. The van der Waals surface area contributed by atoms with Crippen molar-refractivity contribution in [1.29, 1.82) is 0 Å². The number of nitrogens with one attached hydrogen (secondary N) is 2. The molecule has 0 aromatic rings. The van der Waals surface area contributed by atoms with E-state index in [9.17, 15) is 5.11 Å². The van der Waals surface area contributed by atoms with Crippen LogP contribution in [0.3, 0.4) is 0 Å². The van der Waals surface area contributed by atoms with Crippen molar-refractivity contribution in [3.8, 4) is 0 Å². The fourth-order valence-corrected chi connectivity index (χ4v) is 3.59. The van der Waals surface area contributed by atoms with Crippen LogP contribution in [0.1, 0.15) is 72.6 Å². The van der Waals surface area contributed by atoms with Crippen LogP contribution in [0.4, 0.5) is 0 Å². The molecule has 25 heavy (non-hydrogen) atoms. The van der Waals surface area contributed by atoms with E-state index in [2.05, 4.69) is 43.2 Å². The van der Waals surface area contributed by atoms with Gasteiger partial charge >= 0.3 is 0 Å². The third kappa shape index (κ3) is 7.95. The second-order valence-corrected chi connectivity index (χ2v) is 7.49. The molecule has 5 nitrogen and oxygen atoms in total. The first-order chi connectivity index (χ1) is 12.1. The van der Waals surface area contributed by atoms with Gasteiger partial charge in [0.1, 0.15) is 0 Å². The maximum absolute atomic E-state index is 9.40. The molecule has 1 aliphatic heterocycles. The van der Waals surface area contributed by atoms with Crippen molar-refractivity contribution in [2.75, 3.05) is 39.3 Å². The third-order valence-corrected chi connectivity index (χ3v) is 5.82. The van der Waals surface area contributed by atoms with Crippen molar-refractivity contribution in [2.45, 2.75) is 78.7 Å². The normalized spacial score (nSPS) is 17.7. The van der Waals surface area contributed by atoms with E-state index in [0.29, 0.717) is 6.04 Å². The summed E-state index contributed by atoms with van der Waals surface area (Å²) in [5.74, 6) is 0.943. The van der Waals surface area contributed by atoms with Crippen molar-refractivity contribution in [3.63, 3.8) is 0 Å². The minimum atomic E-state index is 0.126. The first kappa shape index (κ1) is 22.2. The van der Waals surface area contributed by atoms with Gasteiger partial charge in [0.25, 0.3) is 0 Å². The quantitative estimate of drug-likeness (QED) is 0.394. The van der Waals surface area contributed by atoms with Crippen LogP contribution in [0.25, 0.3) is 0 Å². The van der Waals surface area contributed by atoms with Crippen LogP contribution >= 0.6 is 0 Å². The van der Waals surface area contributed by atoms with Crippen molar-refractivity contribution in [2.24, 2.45) is 10.4 Å². The summed E-state index contributed by atoms with van der Waals surface area (Å²) in [6, 6.07) is 0.520. The maximum Gasteiger partial charge on any atom is 0.191 e. The van der Waals surface area contributed by atoms with Crippen LogP contribution < -0.4 is 10.6 Å². The molecule has 1 aliphatic rings. The lowest BCUT2D eigenvalue weighted by Crippen LogP contribution is -2.49. The lowest BCUT2D eigenvalue weighted by molar-refractivity contribution is 0.175. The molecular formula is C20H42N4O. The van der Waals surface area contributed by atoms with Crippen molar-refractivity contribution < 1.29 is 5.11 Å². The van der Waals surface area contributed by atoms with Gasteiger partial charge in [0, 0.05) is 38.8 Å². The largest absolute Gasteiger partial charge is 0.396 e.